The molecular formula is C21H14N4O4. The number of hydrogen-bond donors (Lipinski definition) is 0. The molecule has 0 spiro atoms. The van der Waals surface area contributed by atoms with Crippen LogP contribution in [0.1, 0.15) is 12.8 Å². The van der Waals surface area contributed by atoms with Crippen LogP contribution in [0.25, 0.3) is 28.0 Å². The number of nitrogens with zero attached hydrogens (tertiary/aromatic N) is 4. The minimum Gasteiger partial charge on any atom is -0.426 e. The van der Waals surface area contributed by atoms with E-state index in [-0.39, 0.29) is 24.5 Å². The SMILES string of the molecule is O=C1CCC(=O)Oc2nc(-c3ccccc3)nc3c(-n4ccnc4)ccc(c23)O1. The van der Waals surface area contributed by atoms with Gasteiger partial charge in [-0.15, -0.1) is 0 Å². The number of carbonyl (C=O) groups is 2. The topological polar surface area (TPSA) is 96.2 Å². The molecule has 0 saturated heterocycles. The predicted molar refractivity (Wildman–Crippen MR) is 103 cm³/mol. The first-order chi connectivity index (χ1) is 14.2. The Labute approximate surface area is 164 Å². The molecule has 0 N–H and O–H groups in total. The normalized spacial score (nSPS) is 13.9. The molecule has 1 aliphatic rings. The van der Waals surface area contributed by atoms with E-state index in [9.17, 15) is 9.59 Å². The van der Waals surface area contributed by atoms with Crippen LogP contribution in [0.15, 0.2) is 61.2 Å². The first-order valence-electron chi connectivity index (χ1n) is 8.99. The Balaban J connectivity index is 1.85. The van der Waals surface area contributed by atoms with E-state index in [1.54, 1.807) is 35.4 Å². The maximum Gasteiger partial charge on any atom is 0.313 e. The second kappa shape index (κ2) is 6.83. The molecule has 4 aromatic rings. The molecule has 142 valence electrons. The molecule has 0 unspecified atom stereocenters. The first kappa shape index (κ1) is 17.1. The highest BCUT2D eigenvalue weighted by molar-refractivity contribution is 5.99. The Hall–Kier alpha value is -4.07. The summed E-state index contributed by atoms with van der Waals surface area (Å²) in [6, 6.07) is 12.8. The number of esters is 2. The van der Waals surface area contributed by atoms with E-state index in [2.05, 4.69) is 9.97 Å². The van der Waals surface area contributed by atoms with Crippen LogP contribution in [0.2, 0.25) is 0 Å². The van der Waals surface area contributed by atoms with E-state index < -0.39 is 11.9 Å². The Kier molecular flexibility index (Phi) is 4.02. The summed E-state index contributed by atoms with van der Waals surface area (Å²) in [7, 11) is 0. The van der Waals surface area contributed by atoms with E-state index in [0.717, 1.165) is 5.56 Å². The van der Waals surface area contributed by atoms with Crippen molar-refractivity contribution in [2.24, 2.45) is 0 Å². The van der Waals surface area contributed by atoms with Gasteiger partial charge in [-0.2, -0.15) is 4.98 Å². The van der Waals surface area contributed by atoms with Gasteiger partial charge in [0.1, 0.15) is 16.7 Å². The second-order valence-electron chi connectivity index (χ2n) is 6.44. The molecule has 0 aliphatic carbocycles. The molecule has 2 aromatic heterocycles. The molecule has 0 radical (unpaired) electrons. The van der Waals surface area contributed by atoms with Gasteiger partial charge in [-0.05, 0) is 12.1 Å². The van der Waals surface area contributed by atoms with Crippen molar-refractivity contribution in [1.29, 1.82) is 0 Å². The van der Waals surface area contributed by atoms with Crippen molar-refractivity contribution >= 4 is 22.8 Å². The van der Waals surface area contributed by atoms with Crippen molar-refractivity contribution in [3.63, 3.8) is 0 Å². The molecule has 8 heteroatoms. The third-order valence-electron chi connectivity index (χ3n) is 4.54. The minimum atomic E-state index is -0.554. The summed E-state index contributed by atoms with van der Waals surface area (Å²) in [5, 5.41) is 0.361. The molecule has 0 bridgehead atoms. The van der Waals surface area contributed by atoms with Gasteiger partial charge in [0, 0.05) is 18.0 Å². The van der Waals surface area contributed by atoms with Crippen LogP contribution in [0, 0.1) is 0 Å². The van der Waals surface area contributed by atoms with Crippen LogP contribution >= 0.6 is 0 Å². The van der Waals surface area contributed by atoms with E-state index >= 15 is 0 Å². The number of aromatic nitrogens is 4. The van der Waals surface area contributed by atoms with E-state index in [0.29, 0.717) is 22.4 Å². The molecule has 2 aromatic carbocycles. The molecule has 5 rings (SSSR count). The summed E-state index contributed by atoms with van der Waals surface area (Å²) in [6.07, 6.45) is 4.89. The molecule has 0 amide bonds. The molecule has 0 atom stereocenters. The molecule has 29 heavy (non-hydrogen) atoms. The zero-order valence-corrected chi connectivity index (χ0v) is 15.1. The number of ether oxygens (including phenoxy) is 2. The van der Waals surface area contributed by atoms with Crippen LogP contribution in [0.5, 0.6) is 11.6 Å². The van der Waals surface area contributed by atoms with Crippen LogP contribution < -0.4 is 9.47 Å². The quantitative estimate of drug-likeness (QED) is 0.386. The van der Waals surface area contributed by atoms with Crippen molar-refractivity contribution < 1.29 is 19.1 Å². The molecule has 0 fully saturated rings. The fraction of sp³-hybridized carbons (Fsp3) is 0.0952. The Morgan fingerprint density at radius 2 is 1.69 bits per heavy atom. The highest BCUT2D eigenvalue weighted by Crippen LogP contribution is 2.38. The van der Waals surface area contributed by atoms with Crippen LogP contribution in [0.4, 0.5) is 0 Å². The third kappa shape index (κ3) is 3.10. The summed E-state index contributed by atoms with van der Waals surface area (Å²) in [6.45, 7) is 0. The van der Waals surface area contributed by atoms with Gasteiger partial charge in [-0.3, -0.25) is 9.59 Å². The smallest absolute Gasteiger partial charge is 0.313 e. The lowest BCUT2D eigenvalue weighted by Gasteiger charge is -2.14. The summed E-state index contributed by atoms with van der Waals surface area (Å²) >= 11 is 0. The summed E-state index contributed by atoms with van der Waals surface area (Å²) in [4.78, 5) is 37.6. The molecular weight excluding hydrogens is 372 g/mol. The van der Waals surface area contributed by atoms with E-state index in [4.69, 9.17) is 14.5 Å². The van der Waals surface area contributed by atoms with Gasteiger partial charge in [-0.25, -0.2) is 9.97 Å². The van der Waals surface area contributed by atoms with E-state index in [1.165, 1.54) is 0 Å². The maximum absolute atomic E-state index is 12.2. The fourth-order valence-electron chi connectivity index (χ4n) is 3.19. The van der Waals surface area contributed by atoms with Gasteiger partial charge in [-0.1, -0.05) is 30.3 Å². The molecule has 8 nitrogen and oxygen atoms in total. The number of benzene rings is 2. The van der Waals surface area contributed by atoms with Gasteiger partial charge in [0.2, 0.25) is 5.88 Å². The highest BCUT2D eigenvalue weighted by atomic mass is 16.6. The first-order valence-corrected chi connectivity index (χ1v) is 8.99. The summed E-state index contributed by atoms with van der Waals surface area (Å²) in [5.41, 5.74) is 1.93. The Bertz CT molecular complexity index is 1240. The highest BCUT2D eigenvalue weighted by Gasteiger charge is 2.24. The number of imidazole rings is 1. The minimum absolute atomic E-state index is 0.0607. The lowest BCUT2D eigenvalue weighted by molar-refractivity contribution is -0.140. The van der Waals surface area contributed by atoms with Gasteiger partial charge >= 0.3 is 11.9 Å². The molecule has 3 heterocycles. The van der Waals surface area contributed by atoms with E-state index in [1.807, 2.05) is 30.3 Å². The summed E-state index contributed by atoms with van der Waals surface area (Å²) < 4.78 is 12.8. The average Bonchev–Trinajstić information content (AvgIpc) is 3.28. The Morgan fingerprint density at radius 3 is 2.45 bits per heavy atom. The van der Waals surface area contributed by atoms with Crippen molar-refractivity contribution in [2.45, 2.75) is 12.8 Å². The van der Waals surface area contributed by atoms with Gasteiger partial charge < -0.3 is 14.0 Å². The monoisotopic (exact) mass is 386 g/mol. The number of rotatable bonds is 2. The van der Waals surface area contributed by atoms with Crippen molar-refractivity contribution in [2.75, 3.05) is 0 Å². The van der Waals surface area contributed by atoms with Gasteiger partial charge in [0.05, 0.1) is 24.9 Å². The van der Waals surface area contributed by atoms with Gasteiger partial charge in [0.15, 0.2) is 5.82 Å². The van der Waals surface area contributed by atoms with Crippen LogP contribution in [-0.2, 0) is 9.59 Å². The second-order valence-corrected chi connectivity index (χ2v) is 6.44. The van der Waals surface area contributed by atoms with Crippen LogP contribution in [-0.4, -0.2) is 31.5 Å². The lowest BCUT2D eigenvalue weighted by Crippen LogP contribution is -2.12. The maximum atomic E-state index is 12.2. The molecule has 0 saturated carbocycles. The zero-order chi connectivity index (χ0) is 19.8. The predicted octanol–water partition coefficient (Wildman–Crippen LogP) is 3.09. The fourth-order valence-corrected chi connectivity index (χ4v) is 3.19. The third-order valence-corrected chi connectivity index (χ3v) is 4.54. The largest absolute Gasteiger partial charge is 0.426 e. The average molecular weight is 386 g/mol. The summed E-state index contributed by atoms with van der Waals surface area (Å²) in [5.74, 6) is -0.367. The van der Waals surface area contributed by atoms with Crippen molar-refractivity contribution in [3.8, 4) is 28.7 Å². The van der Waals surface area contributed by atoms with Gasteiger partial charge in [0.25, 0.3) is 0 Å². The lowest BCUT2D eigenvalue weighted by atomic mass is 10.1. The van der Waals surface area contributed by atoms with Crippen molar-refractivity contribution in [1.82, 2.24) is 19.5 Å². The Morgan fingerprint density at radius 1 is 0.897 bits per heavy atom. The molecule has 1 aliphatic heterocycles. The number of hydrogen-bond acceptors (Lipinski definition) is 7. The standard InChI is InChI=1S/C21H14N4O4/c26-16-8-9-17(27)29-21-18-15(28-16)7-6-14(25-11-10-22-12-25)19(18)23-20(24-21)13-4-2-1-3-5-13/h1-7,10-12H,8-9H2. The van der Waals surface area contributed by atoms with Crippen molar-refractivity contribution in [3.05, 3.63) is 61.2 Å². The zero-order valence-electron chi connectivity index (χ0n) is 15.1. The van der Waals surface area contributed by atoms with Crippen LogP contribution in [0.3, 0.4) is 0 Å². The number of carbonyl (C=O) groups excluding carboxylic acids is 2.